The Morgan fingerprint density at radius 1 is 0.688 bits per heavy atom. The summed E-state index contributed by atoms with van der Waals surface area (Å²) in [7, 11) is 0. The number of rotatable bonds is 0. The second kappa shape index (κ2) is 9.93. The fourth-order valence-corrected chi connectivity index (χ4v) is 2.56. The van der Waals surface area contributed by atoms with Crippen molar-refractivity contribution in [2.45, 2.75) is 84.0 Å². The van der Waals surface area contributed by atoms with Crippen molar-refractivity contribution >= 4 is 0 Å². The summed E-state index contributed by atoms with van der Waals surface area (Å²) < 4.78 is 0. The summed E-state index contributed by atoms with van der Waals surface area (Å²) in [6.45, 7) is 2.41. The van der Waals surface area contributed by atoms with Crippen LogP contribution in [0, 0.1) is 5.92 Å². The van der Waals surface area contributed by atoms with Gasteiger partial charge in [0.1, 0.15) is 0 Å². The molecule has 0 aliphatic heterocycles. The molecule has 1 rings (SSSR count). The summed E-state index contributed by atoms with van der Waals surface area (Å²) >= 11 is 0. The number of hydrogen-bond acceptors (Lipinski definition) is 0. The molecule has 0 aromatic heterocycles. The van der Waals surface area contributed by atoms with Gasteiger partial charge < -0.3 is 0 Å². The van der Waals surface area contributed by atoms with Crippen molar-refractivity contribution in [3.05, 3.63) is 12.2 Å². The fourth-order valence-electron chi connectivity index (χ4n) is 2.56. The first-order chi connectivity index (χ1) is 7.89. The average Bonchev–Trinajstić information content (AvgIpc) is 2.29. The lowest BCUT2D eigenvalue weighted by molar-refractivity contribution is 0.484. The van der Waals surface area contributed by atoms with E-state index in [0.717, 1.165) is 5.92 Å². The van der Waals surface area contributed by atoms with Gasteiger partial charge in [0.15, 0.2) is 0 Å². The van der Waals surface area contributed by atoms with Gasteiger partial charge in [0.05, 0.1) is 0 Å². The van der Waals surface area contributed by atoms with Crippen LogP contribution in [0.25, 0.3) is 0 Å². The molecule has 0 saturated heterocycles. The lowest BCUT2D eigenvalue weighted by atomic mass is 9.99. The third-order valence-corrected chi connectivity index (χ3v) is 3.77. The summed E-state index contributed by atoms with van der Waals surface area (Å²) in [4.78, 5) is 0. The quantitative estimate of drug-likeness (QED) is 0.449. The summed E-state index contributed by atoms with van der Waals surface area (Å²) in [5.41, 5.74) is 0. The molecule has 0 spiro atoms. The molecule has 0 heterocycles. The first kappa shape index (κ1) is 13.8. The van der Waals surface area contributed by atoms with Crippen LogP contribution < -0.4 is 0 Å². The number of allylic oxidation sites excluding steroid dienone is 2. The topological polar surface area (TPSA) is 0 Å². The highest BCUT2D eigenvalue weighted by molar-refractivity contribution is 4.83. The normalized spacial score (nSPS) is 28.9. The Balaban J connectivity index is 2.18. The molecule has 1 aliphatic rings. The molecule has 0 nitrogen and oxygen atoms in total. The fraction of sp³-hybridized carbons (Fsp3) is 0.875. The largest absolute Gasteiger partial charge is 0.0885 e. The lowest BCUT2D eigenvalue weighted by Crippen LogP contribution is -1.92. The zero-order valence-corrected chi connectivity index (χ0v) is 11.2. The summed E-state index contributed by atoms with van der Waals surface area (Å²) in [5, 5.41) is 0. The van der Waals surface area contributed by atoms with Crippen LogP contribution >= 0.6 is 0 Å². The van der Waals surface area contributed by atoms with E-state index in [1.165, 1.54) is 77.0 Å². The maximum absolute atomic E-state index is 2.42. The van der Waals surface area contributed by atoms with Crippen LogP contribution in [0.4, 0.5) is 0 Å². The van der Waals surface area contributed by atoms with Crippen LogP contribution in [0.15, 0.2) is 12.2 Å². The molecule has 1 aliphatic carbocycles. The van der Waals surface area contributed by atoms with Crippen LogP contribution in [0.5, 0.6) is 0 Å². The van der Waals surface area contributed by atoms with Crippen molar-refractivity contribution in [3.63, 3.8) is 0 Å². The molecule has 94 valence electrons. The van der Waals surface area contributed by atoms with Crippen molar-refractivity contribution < 1.29 is 0 Å². The predicted molar refractivity (Wildman–Crippen MR) is 73.7 cm³/mol. The Bertz CT molecular complexity index is 169. The van der Waals surface area contributed by atoms with Crippen molar-refractivity contribution in [2.24, 2.45) is 5.92 Å². The Hall–Kier alpha value is -0.260. The van der Waals surface area contributed by atoms with Gasteiger partial charge in [-0.2, -0.15) is 0 Å². The molecule has 0 bridgehead atoms. The molecule has 16 heavy (non-hydrogen) atoms. The zero-order chi connectivity index (χ0) is 11.5. The summed E-state index contributed by atoms with van der Waals surface area (Å²) in [5.74, 6) is 0.904. The molecule has 0 saturated carbocycles. The standard InChI is InChI=1S/C16H30/c1-16-14-12-10-8-6-4-2-3-5-7-9-11-13-15-16/h10,12,16H,2-9,11,13-15H2,1H3/b12-10-. The molecule has 0 N–H and O–H groups in total. The molecule has 0 amide bonds. The van der Waals surface area contributed by atoms with E-state index in [2.05, 4.69) is 19.1 Å². The number of hydrogen-bond donors (Lipinski definition) is 0. The third-order valence-electron chi connectivity index (χ3n) is 3.77. The van der Waals surface area contributed by atoms with Gasteiger partial charge in [-0.15, -0.1) is 0 Å². The highest BCUT2D eigenvalue weighted by Gasteiger charge is 2.00. The molecular weight excluding hydrogens is 192 g/mol. The van der Waals surface area contributed by atoms with Gasteiger partial charge in [-0.25, -0.2) is 0 Å². The van der Waals surface area contributed by atoms with E-state index in [0.29, 0.717) is 0 Å². The van der Waals surface area contributed by atoms with E-state index in [1.54, 1.807) is 0 Å². The summed E-state index contributed by atoms with van der Waals surface area (Å²) in [6.07, 6.45) is 22.0. The highest BCUT2D eigenvalue weighted by atomic mass is 14.1. The van der Waals surface area contributed by atoms with Crippen molar-refractivity contribution in [1.82, 2.24) is 0 Å². The maximum Gasteiger partial charge on any atom is -0.0325 e. The van der Waals surface area contributed by atoms with Crippen molar-refractivity contribution in [2.75, 3.05) is 0 Å². The third kappa shape index (κ3) is 7.96. The second-order valence-corrected chi connectivity index (χ2v) is 5.57. The molecule has 0 aromatic carbocycles. The van der Waals surface area contributed by atoms with Crippen LogP contribution in [-0.4, -0.2) is 0 Å². The minimum absolute atomic E-state index is 0.904. The minimum Gasteiger partial charge on any atom is -0.0885 e. The average molecular weight is 222 g/mol. The van der Waals surface area contributed by atoms with E-state index in [1.807, 2.05) is 0 Å². The molecular formula is C16H30. The highest BCUT2D eigenvalue weighted by Crippen LogP contribution is 2.17. The van der Waals surface area contributed by atoms with E-state index < -0.39 is 0 Å². The molecule has 0 fully saturated rings. The Morgan fingerprint density at radius 3 is 1.94 bits per heavy atom. The first-order valence-corrected chi connectivity index (χ1v) is 7.54. The van der Waals surface area contributed by atoms with E-state index in [-0.39, 0.29) is 0 Å². The molecule has 1 atom stereocenters. The van der Waals surface area contributed by atoms with Gasteiger partial charge in [0, 0.05) is 0 Å². The SMILES string of the molecule is CC1C/C=C\CCCCCCCCCCC1. The van der Waals surface area contributed by atoms with Crippen LogP contribution in [0.2, 0.25) is 0 Å². The van der Waals surface area contributed by atoms with Crippen LogP contribution in [-0.2, 0) is 0 Å². The minimum atomic E-state index is 0.904. The van der Waals surface area contributed by atoms with Gasteiger partial charge >= 0.3 is 0 Å². The lowest BCUT2D eigenvalue weighted by Gasteiger charge is -2.08. The zero-order valence-electron chi connectivity index (χ0n) is 11.2. The molecule has 0 aromatic rings. The van der Waals surface area contributed by atoms with E-state index >= 15 is 0 Å². The van der Waals surface area contributed by atoms with Gasteiger partial charge in [-0.05, 0) is 25.2 Å². The summed E-state index contributed by atoms with van der Waals surface area (Å²) in [6, 6.07) is 0. The molecule has 1 unspecified atom stereocenters. The molecule has 0 heteroatoms. The Labute approximate surface area is 103 Å². The van der Waals surface area contributed by atoms with E-state index in [9.17, 15) is 0 Å². The first-order valence-electron chi connectivity index (χ1n) is 7.54. The Kier molecular flexibility index (Phi) is 8.57. The van der Waals surface area contributed by atoms with Gasteiger partial charge in [-0.1, -0.05) is 76.9 Å². The van der Waals surface area contributed by atoms with Crippen molar-refractivity contribution in [1.29, 1.82) is 0 Å². The molecule has 0 radical (unpaired) electrons. The Morgan fingerprint density at radius 2 is 1.25 bits per heavy atom. The van der Waals surface area contributed by atoms with E-state index in [4.69, 9.17) is 0 Å². The van der Waals surface area contributed by atoms with Crippen LogP contribution in [0.3, 0.4) is 0 Å². The van der Waals surface area contributed by atoms with Gasteiger partial charge in [0.25, 0.3) is 0 Å². The van der Waals surface area contributed by atoms with Crippen LogP contribution in [0.1, 0.15) is 84.0 Å². The second-order valence-electron chi connectivity index (χ2n) is 5.57. The van der Waals surface area contributed by atoms with Gasteiger partial charge in [-0.3, -0.25) is 0 Å². The van der Waals surface area contributed by atoms with Gasteiger partial charge in [0.2, 0.25) is 0 Å². The smallest absolute Gasteiger partial charge is 0.0325 e. The monoisotopic (exact) mass is 222 g/mol. The maximum atomic E-state index is 2.42. The predicted octanol–water partition coefficient (Wildman–Crippen LogP) is 5.87. The van der Waals surface area contributed by atoms with Crippen molar-refractivity contribution in [3.8, 4) is 0 Å².